The van der Waals surface area contributed by atoms with Gasteiger partial charge in [0, 0.05) is 56.7 Å². The fourth-order valence-electron chi connectivity index (χ4n) is 2.35. The molecule has 1 aliphatic heterocycles. The summed E-state index contributed by atoms with van der Waals surface area (Å²) in [6, 6.07) is 0.394. The molecular formula is C13H22N6O2. The topological polar surface area (TPSA) is 93.6 Å². The van der Waals surface area contributed by atoms with Crippen molar-refractivity contribution in [3.05, 3.63) is 18.0 Å². The Hall–Kier alpha value is -1.93. The molecule has 1 aromatic rings. The standard InChI is InChI=1S/C13H22N6O2/c1-18(2)8-11-9-19(4-3-14-11)12-15-5-10(6-16-12)7-17-13(20)21/h5-6,11,14,17H,3-4,7-9H2,1-2H3,(H,20,21). The zero-order chi connectivity index (χ0) is 15.2. The maximum atomic E-state index is 10.4. The van der Waals surface area contributed by atoms with E-state index in [1.807, 2.05) is 0 Å². The normalized spacial score (nSPS) is 18.8. The van der Waals surface area contributed by atoms with Crippen molar-refractivity contribution >= 4 is 12.0 Å². The molecule has 1 aromatic heterocycles. The minimum atomic E-state index is -1.05. The molecule has 1 amide bonds. The molecule has 0 saturated carbocycles. The lowest BCUT2D eigenvalue weighted by Crippen LogP contribution is -2.54. The minimum Gasteiger partial charge on any atom is -0.465 e. The average Bonchev–Trinajstić information content (AvgIpc) is 2.45. The maximum Gasteiger partial charge on any atom is 0.404 e. The molecule has 3 N–H and O–H groups in total. The van der Waals surface area contributed by atoms with Crippen LogP contribution in [0, 0.1) is 0 Å². The van der Waals surface area contributed by atoms with E-state index in [4.69, 9.17) is 5.11 Å². The predicted octanol–water partition coefficient (Wildman–Crippen LogP) is -0.416. The van der Waals surface area contributed by atoms with Gasteiger partial charge < -0.3 is 25.5 Å². The smallest absolute Gasteiger partial charge is 0.404 e. The third-order valence-corrected chi connectivity index (χ3v) is 3.26. The number of hydrogen-bond donors (Lipinski definition) is 3. The van der Waals surface area contributed by atoms with Gasteiger partial charge in [0.15, 0.2) is 0 Å². The van der Waals surface area contributed by atoms with Gasteiger partial charge in [-0.2, -0.15) is 0 Å². The Balaban J connectivity index is 1.93. The molecule has 0 spiro atoms. The van der Waals surface area contributed by atoms with E-state index in [-0.39, 0.29) is 6.54 Å². The molecule has 1 aliphatic rings. The van der Waals surface area contributed by atoms with Crippen molar-refractivity contribution in [1.82, 2.24) is 25.5 Å². The Morgan fingerprint density at radius 2 is 2.24 bits per heavy atom. The van der Waals surface area contributed by atoms with Crippen LogP contribution in [0.15, 0.2) is 12.4 Å². The average molecular weight is 294 g/mol. The second-order valence-electron chi connectivity index (χ2n) is 5.41. The minimum absolute atomic E-state index is 0.223. The third-order valence-electron chi connectivity index (χ3n) is 3.26. The van der Waals surface area contributed by atoms with Gasteiger partial charge in [-0.1, -0.05) is 0 Å². The molecule has 2 rings (SSSR count). The van der Waals surface area contributed by atoms with Crippen LogP contribution in [0.4, 0.5) is 10.7 Å². The van der Waals surface area contributed by atoms with Crippen LogP contribution in [0.5, 0.6) is 0 Å². The lowest BCUT2D eigenvalue weighted by atomic mass is 10.2. The summed E-state index contributed by atoms with van der Waals surface area (Å²) in [5.74, 6) is 0.694. The van der Waals surface area contributed by atoms with Gasteiger partial charge in [-0.15, -0.1) is 0 Å². The molecule has 116 valence electrons. The number of anilines is 1. The van der Waals surface area contributed by atoms with Gasteiger partial charge in [0.2, 0.25) is 5.95 Å². The van der Waals surface area contributed by atoms with Crippen molar-refractivity contribution in [3.8, 4) is 0 Å². The van der Waals surface area contributed by atoms with Crippen molar-refractivity contribution in [2.45, 2.75) is 12.6 Å². The van der Waals surface area contributed by atoms with Crippen LogP contribution in [0.3, 0.4) is 0 Å². The summed E-state index contributed by atoms with van der Waals surface area (Å²) in [6.45, 7) is 3.84. The molecule has 8 heteroatoms. The molecule has 0 aliphatic carbocycles. The first kappa shape index (κ1) is 15.5. The molecule has 1 fully saturated rings. The van der Waals surface area contributed by atoms with Gasteiger partial charge in [-0.25, -0.2) is 14.8 Å². The number of amides is 1. The van der Waals surface area contributed by atoms with E-state index < -0.39 is 6.09 Å². The van der Waals surface area contributed by atoms with Crippen LogP contribution < -0.4 is 15.5 Å². The van der Waals surface area contributed by atoms with E-state index >= 15 is 0 Å². The van der Waals surface area contributed by atoms with E-state index in [0.717, 1.165) is 31.7 Å². The highest BCUT2D eigenvalue weighted by molar-refractivity contribution is 5.64. The van der Waals surface area contributed by atoms with Crippen LogP contribution in [0.1, 0.15) is 5.56 Å². The molecule has 0 aromatic carbocycles. The summed E-state index contributed by atoms with van der Waals surface area (Å²) in [6.07, 6.45) is 2.29. The zero-order valence-corrected chi connectivity index (χ0v) is 12.4. The van der Waals surface area contributed by atoms with Gasteiger partial charge in [0.25, 0.3) is 0 Å². The van der Waals surface area contributed by atoms with Gasteiger partial charge in [0.05, 0.1) is 0 Å². The largest absolute Gasteiger partial charge is 0.465 e. The van der Waals surface area contributed by atoms with Crippen molar-refractivity contribution < 1.29 is 9.90 Å². The molecule has 1 saturated heterocycles. The van der Waals surface area contributed by atoms with Crippen molar-refractivity contribution in [2.24, 2.45) is 0 Å². The first-order valence-electron chi connectivity index (χ1n) is 6.95. The second-order valence-corrected chi connectivity index (χ2v) is 5.41. The van der Waals surface area contributed by atoms with Gasteiger partial charge in [-0.05, 0) is 14.1 Å². The number of carbonyl (C=O) groups is 1. The quantitative estimate of drug-likeness (QED) is 0.679. The first-order valence-corrected chi connectivity index (χ1v) is 6.95. The highest BCUT2D eigenvalue weighted by atomic mass is 16.4. The maximum absolute atomic E-state index is 10.4. The number of piperazine rings is 1. The van der Waals surface area contributed by atoms with Crippen LogP contribution in [-0.2, 0) is 6.54 Å². The highest BCUT2D eigenvalue weighted by Crippen LogP contribution is 2.10. The summed E-state index contributed by atoms with van der Waals surface area (Å²) in [5.41, 5.74) is 0.751. The molecule has 1 unspecified atom stereocenters. The number of likely N-dealkylation sites (N-methyl/N-ethyl adjacent to an activating group) is 1. The van der Waals surface area contributed by atoms with Crippen LogP contribution >= 0.6 is 0 Å². The number of aromatic nitrogens is 2. The number of carboxylic acid groups (broad SMARTS) is 1. The van der Waals surface area contributed by atoms with E-state index in [9.17, 15) is 4.79 Å². The van der Waals surface area contributed by atoms with E-state index in [2.05, 4.69) is 44.5 Å². The first-order chi connectivity index (χ1) is 10.0. The molecule has 0 radical (unpaired) electrons. The molecule has 21 heavy (non-hydrogen) atoms. The summed E-state index contributed by atoms with van der Waals surface area (Å²) in [5, 5.41) is 14.3. The lowest BCUT2D eigenvalue weighted by Gasteiger charge is -2.34. The fraction of sp³-hybridized carbons (Fsp3) is 0.615. The fourth-order valence-corrected chi connectivity index (χ4v) is 2.35. The Labute approximate surface area is 124 Å². The Kier molecular flexibility index (Phi) is 5.29. The van der Waals surface area contributed by atoms with E-state index in [1.54, 1.807) is 12.4 Å². The van der Waals surface area contributed by atoms with Gasteiger partial charge >= 0.3 is 6.09 Å². The molecular weight excluding hydrogens is 272 g/mol. The summed E-state index contributed by atoms with van der Waals surface area (Å²) >= 11 is 0. The molecule has 8 nitrogen and oxygen atoms in total. The second kappa shape index (κ2) is 7.19. The van der Waals surface area contributed by atoms with Crippen LogP contribution in [-0.4, -0.2) is 72.4 Å². The highest BCUT2D eigenvalue weighted by Gasteiger charge is 2.21. The number of rotatable bonds is 5. The number of nitrogens with one attached hydrogen (secondary N) is 2. The SMILES string of the molecule is CN(C)CC1CN(c2ncc(CNC(=O)O)cn2)CCN1. The van der Waals surface area contributed by atoms with Crippen molar-refractivity contribution in [1.29, 1.82) is 0 Å². The summed E-state index contributed by atoms with van der Waals surface area (Å²) in [4.78, 5) is 23.4. The third kappa shape index (κ3) is 4.83. The van der Waals surface area contributed by atoms with Gasteiger partial charge in [0.1, 0.15) is 0 Å². The summed E-state index contributed by atoms with van der Waals surface area (Å²) < 4.78 is 0. The van der Waals surface area contributed by atoms with Crippen molar-refractivity contribution in [2.75, 3.05) is 45.2 Å². The van der Waals surface area contributed by atoms with Gasteiger partial charge in [-0.3, -0.25) is 0 Å². The molecule has 1 atom stereocenters. The monoisotopic (exact) mass is 294 g/mol. The number of hydrogen-bond acceptors (Lipinski definition) is 6. The Bertz CT molecular complexity index is 464. The van der Waals surface area contributed by atoms with Crippen LogP contribution in [0.25, 0.3) is 0 Å². The van der Waals surface area contributed by atoms with E-state index in [0.29, 0.717) is 12.0 Å². The van der Waals surface area contributed by atoms with Crippen molar-refractivity contribution in [3.63, 3.8) is 0 Å². The molecule has 2 heterocycles. The Morgan fingerprint density at radius 1 is 1.52 bits per heavy atom. The van der Waals surface area contributed by atoms with Crippen LogP contribution in [0.2, 0.25) is 0 Å². The lowest BCUT2D eigenvalue weighted by molar-refractivity contribution is 0.194. The number of nitrogens with zero attached hydrogens (tertiary/aromatic N) is 4. The predicted molar refractivity (Wildman–Crippen MR) is 79.5 cm³/mol. The van der Waals surface area contributed by atoms with E-state index in [1.165, 1.54) is 0 Å². The molecule has 0 bridgehead atoms. The Morgan fingerprint density at radius 3 is 2.86 bits per heavy atom. The zero-order valence-electron chi connectivity index (χ0n) is 12.4. The summed E-state index contributed by atoms with van der Waals surface area (Å²) in [7, 11) is 4.11.